The molecule has 0 amide bonds. The fraction of sp³-hybridized carbons (Fsp3) is 0.429. The van der Waals surface area contributed by atoms with E-state index >= 15 is 0 Å². The molecule has 0 saturated heterocycles. The molecule has 10 heteroatoms. The molecule has 1 aliphatic heterocycles. The Morgan fingerprint density at radius 3 is 2.68 bits per heavy atom. The summed E-state index contributed by atoms with van der Waals surface area (Å²) in [7, 11) is 1.41. The van der Waals surface area contributed by atoms with Crippen LogP contribution in [0.25, 0.3) is 11.1 Å². The lowest BCUT2D eigenvalue weighted by Gasteiger charge is -2.27. The van der Waals surface area contributed by atoms with Gasteiger partial charge < -0.3 is 14.6 Å². The van der Waals surface area contributed by atoms with Crippen molar-refractivity contribution < 1.29 is 32.5 Å². The number of benzene rings is 1. The monoisotopic (exact) mass is 459 g/mol. The maximum absolute atomic E-state index is 13.5. The van der Waals surface area contributed by atoms with Gasteiger partial charge in [-0.2, -0.15) is 13.2 Å². The van der Waals surface area contributed by atoms with Crippen molar-refractivity contribution in [1.29, 1.82) is 0 Å². The predicted octanol–water partition coefficient (Wildman–Crippen LogP) is 4.33. The number of carboxylic acids is 1. The average molecular weight is 460 g/mol. The quantitative estimate of drug-likeness (QED) is 0.720. The molecule has 3 atom stereocenters. The van der Waals surface area contributed by atoms with Gasteiger partial charge in [0.2, 0.25) is 0 Å². The van der Waals surface area contributed by atoms with E-state index in [1.54, 1.807) is 6.92 Å². The van der Waals surface area contributed by atoms with Crippen molar-refractivity contribution in [3.8, 4) is 16.9 Å². The molecule has 3 unspecified atom stereocenters. The standard InChI is InChI=1S/C21H21ClF3NO5/c1-11(30-2)5-17(20(28)29)26-9-18-16(8-19(26)27)15-7-14(22)4-3-12(15)6-13(10-31-18)21(23,24)25/h3-4,7-9,11,13,17H,5-6,10H2,1-2H3,(H,28,29). The second-order valence-electron chi connectivity index (χ2n) is 7.49. The van der Waals surface area contributed by atoms with Crippen molar-refractivity contribution in [2.24, 2.45) is 5.92 Å². The first kappa shape index (κ1) is 23.1. The van der Waals surface area contributed by atoms with Gasteiger partial charge in [0.05, 0.1) is 18.2 Å². The maximum Gasteiger partial charge on any atom is 0.395 e. The van der Waals surface area contributed by atoms with Crippen LogP contribution in [0.3, 0.4) is 0 Å². The zero-order valence-corrected chi connectivity index (χ0v) is 17.5. The van der Waals surface area contributed by atoms with E-state index in [2.05, 4.69) is 0 Å². The lowest BCUT2D eigenvalue weighted by Crippen LogP contribution is -2.34. The number of ether oxygens (including phenoxy) is 2. The van der Waals surface area contributed by atoms with E-state index in [1.807, 2.05) is 0 Å². The molecule has 3 rings (SSSR count). The summed E-state index contributed by atoms with van der Waals surface area (Å²) in [5.74, 6) is -3.06. The van der Waals surface area contributed by atoms with Crippen LogP contribution in [0.4, 0.5) is 13.2 Å². The van der Waals surface area contributed by atoms with E-state index < -0.39 is 42.4 Å². The van der Waals surface area contributed by atoms with Gasteiger partial charge in [0, 0.05) is 30.2 Å². The van der Waals surface area contributed by atoms with E-state index in [4.69, 9.17) is 21.1 Å². The van der Waals surface area contributed by atoms with Crippen LogP contribution < -0.4 is 10.3 Å². The molecular weight excluding hydrogens is 439 g/mol. The first-order chi connectivity index (χ1) is 14.5. The number of rotatable bonds is 5. The predicted molar refractivity (Wildman–Crippen MR) is 108 cm³/mol. The summed E-state index contributed by atoms with van der Waals surface area (Å²) < 4.78 is 52.1. The minimum absolute atomic E-state index is 0.0158. The van der Waals surface area contributed by atoms with Crippen LogP contribution in [0.2, 0.25) is 5.02 Å². The summed E-state index contributed by atoms with van der Waals surface area (Å²) >= 11 is 6.06. The highest BCUT2D eigenvalue weighted by molar-refractivity contribution is 6.30. The largest absolute Gasteiger partial charge is 0.491 e. The van der Waals surface area contributed by atoms with Gasteiger partial charge in [-0.05, 0) is 36.6 Å². The molecule has 1 aliphatic rings. The van der Waals surface area contributed by atoms with E-state index in [9.17, 15) is 27.9 Å². The zero-order valence-electron chi connectivity index (χ0n) is 16.8. The Morgan fingerprint density at radius 1 is 1.35 bits per heavy atom. The molecule has 2 aromatic rings. The highest BCUT2D eigenvalue weighted by Crippen LogP contribution is 2.40. The Kier molecular flexibility index (Phi) is 6.66. The Balaban J connectivity index is 2.17. The summed E-state index contributed by atoms with van der Waals surface area (Å²) in [5, 5.41) is 9.91. The van der Waals surface area contributed by atoms with Crippen LogP contribution >= 0.6 is 11.6 Å². The van der Waals surface area contributed by atoms with E-state index in [0.29, 0.717) is 11.1 Å². The second kappa shape index (κ2) is 8.92. The summed E-state index contributed by atoms with van der Waals surface area (Å²) in [4.78, 5) is 24.6. The summed E-state index contributed by atoms with van der Waals surface area (Å²) in [6.45, 7) is 0.986. The lowest BCUT2D eigenvalue weighted by atomic mass is 9.91. The van der Waals surface area contributed by atoms with Crippen LogP contribution in [-0.2, 0) is 16.0 Å². The van der Waals surface area contributed by atoms with Crippen molar-refractivity contribution in [2.75, 3.05) is 13.7 Å². The Bertz CT molecular complexity index is 1040. The fourth-order valence-corrected chi connectivity index (χ4v) is 3.72. The molecule has 0 spiro atoms. The number of pyridine rings is 1. The van der Waals surface area contributed by atoms with Gasteiger partial charge in [0.1, 0.15) is 18.4 Å². The number of methoxy groups -OCH3 is 1. The number of carboxylic acid groups (broad SMARTS) is 1. The Labute approximate surface area is 181 Å². The van der Waals surface area contributed by atoms with Crippen molar-refractivity contribution in [1.82, 2.24) is 4.57 Å². The van der Waals surface area contributed by atoms with Gasteiger partial charge in [0.25, 0.3) is 5.56 Å². The molecule has 0 fully saturated rings. The van der Waals surface area contributed by atoms with Gasteiger partial charge >= 0.3 is 12.1 Å². The number of hydrogen-bond acceptors (Lipinski definition) is 4. The normalized spacial score (nSPS) is 18.1. The number of fused-ring (bicyclic) bond motifs is 3. The molecule has 1 N–H and O–H groups in total. The topological polar surface area (TPSA) is 77.8 Å². The van der Waals surface area contributed by atoms with Gasteiger partial charge in [-0.25, -0.2) is 4.79 Å². The molecule has 2 heterocycles. The number of halogens is 4. The molecule has 168 valence electrons. The number of alkyl halides is 3. The third-order valence-electron chi connectivity index (χ3n) is 5.35. The first-order valence-electron chi connectivity index (χ1n) is 9.51. The van der Waals surface area contributed by atoms with E-state index in [-0.39, 0.29) is 29.2 Å². The van der Waals surface area contributed by atoms with Crippen molar-refractivity contribution in [2.45, 2.75) is 38.1 Å². The third-order valence-corrected chi connectivity index (χ3v) is 5.59. The minimum Gasteiger partial charge on any atom is -0.491 e. The van der Waals surface area contributed by atoms with Crippen molar-refractivity contribution in [3.05, 3.63) is 51.4 Å². The summed E-state index contributed by atoms with van der Waals surface area (Å²) in [5.41, 5.74) is 0.356. The smallest absolute Gasteiger partial charge is 0.395 e. The highest BCUT2D eigenvalue weighted by atomic mass is 35.5. The molecule has 31 heavy (non-hydrogen) atoms. The number of hydrogen-bond donors (Lipinski definition) is 1. The van der Waals surface area contributed by atoms with E-state index in [1.165, 1.54) is 31.4 Å². The van der Waals surface area contributed by atoms with Crippen molar-refractivity contribution in [3.63, 3.8) is 0 Å². The first-order valence-corrected chi connectivity index (χ1v) is 9.89. The van der Waals surface area contributed by atoms with Crippen LogP contribution in [-0.4, -0.2) is 41.6 Å². The lowest BCUT2D eigenvalue weighted by molar-refractivity contribution is -0.181. The molecule has 1 aromatic heterocycles. The van der Waals surface area contributed by atoms with Crippen LogP contribution in [0, 0.1) is 5.92 Å². The Hall–Kier alpha value is -2.52. The molecule has 6 nitrogen and oxygen atoms in total. The van der Waals surface area contributed by atoms with Crippen LogP contribution in [0.5, 0.6) is 5.75 Å². The van der Waals surface area contributed by atoms with Gasteiger partial charge in [-0.15, -0.1) is 0 Å². The number of nitrogens with zero attached hydrogens (tertiary/aromatic N) is 1. The van der Waals surface area contributed by atoms with Gasteiger partial charge in [-0.1, -0.05) is 17.7 Å². The molecule has 0 aliphatic carbocycles. The summed E-state index contributed by atoms with van der Waals surface area (Å²) in [6, 6.07) is 4.36. The number of aromatic nitrogens is 1. The second-order valence-corrected chi connectivity index (χ2v) is 7.92. The molecular formula is C21H21ClF3NO5. The van der Waals surface area contributed by atoms with Gasteiger partial charge in [0.15, 0.2) is 0 Å². The average Bonchev–Trinajstić information content (AvgIpc) is 2.68. The molecule has 0 radical (unpaired) electrons. The van der Waals surface area contributed by atoms with Crippen LogP contribution in [0.15, 0.2) is 35.3 Å². The van der Waals surface area contributed by atoms with E-state index in [0.717, 1.165) is 10.8 Å². The highest BCUT2D eigenvalue weighted by Gasteiger charge is 2.41. The number of aliphatic carboxylic acids is 1. The minimum atomic E-state index is -4.50. The fourth-order valence-electron chi connectivity index (χ4n) is 3.54. The Morgan fingerprint density at radius 2 is 2.06 bits per heavy atom. The van der Waals surface area contributed by atoms with Gasteiger partial charge in [-0.3, -0.25) is 9.36 Å². The van der Waals surface area contributed by atoms with Crippen molar-refractivity contribution >= 4 is 17.6 Å². The summed E-state index contributed by atoms with van der Waals surface area (Å²) in [6.07, 6.45) is -4.16. The SMILES string of the molecule is COC(C)CC(C(=O)O)n1cc2c(cc1=O)-c1cc(Cl)ccc1CC(C(F)(F)F)CO2. The maximum atomic E-state index is 13.5. The molecule has 0 bridgehead atoms. The third kappa shape index (κ3) is 5.04. The zero-order chi connectivity index (χ0) is 22.9. The molecule has 0 saturated carbocycles. The van der Waals surface area contributed by atoms with Crippen LogP contribution in [0.1, 0.15) is 24.9 Å². The molecule has 1 aromatic carbocycles. The number of carbonyl (C=O) groups is 1.